The molecule has 0 spiro atoms. The molecule has 1 aliphatic heterocycles. The van der Waals surface area contributed by atoms with Gasteiger partial charge in [0.25, 0.3) is 0 Å². The van der Waals surface area contributed by atoms with Crippen molar-refractivity contribution in [3.05, 3.63) is 0 Å². The van der Waals surface area contributed by atoms with E-state index in [1.165, 1.54) is 43.9 Å². The van der Waals surface area contributed by atoms with Crippen molar-refractivity contribution >= 4 is 31.2 Å². The summed E-state index contributed by atoms with van der Waals surface area (Å²) in [4.78, 5) is 31.6. The van der Waals surface area contributed by atoms with Gasteiger partial charge in [0.2, 0.25) is 0 Å². The van der Waals surface area contributed by atoms with Crippen LogP contribution in [0.3, 0.4) is 0 Å². The van der Waals surface area contributed by atoms with Gasteiger partial charge in [-0.15, -0.1) is 0 Å². The molecule has 1 saturated heterocycles. The molecule has 7 nitrogen and oxygen atoms in total. The molecule has 0 bridgehead atoms. The molecule has 2 amide bonds. The molecule has 0 aromatic heterocycles. The van der Waals surface area contributed by atoms with Gasteiger partial charge in [0.05, 0.1) is 6.10 Å². The number of amides is 2. The summed E-state index contributed by atoms with van der Waals surface area (Å²) in [5, 5.41) is 3.46. The molecule has 1 heterocycles. The van der Waals surface area contributed by atoms with E-state index in [4.69, 9.17) is 4.43 Å². The average Bonchev–Trinajstić information content (AvgIpc) is 2.80. The van der Waals surface area contributed by atoms with Gasteiger partial charge in [0, 0.05) is 65.0 Å². The van der Waals surface area contributed by atoms with Crippen LogP contribution in [-0.2, 0) is 9.22 Å². The standard InChI is InChI=1S/C27H54N4O3SSi/c1-23(32)35-20-19-31(14-13-24-11-9-8-10-12-24)26(33)28-21-25(34-36(6,7)27(2,3)4)22-30-17-15-29(5)16-18-30/h24-25H,8-22H2,1-7H3,(H,28,33). The summed E-state index contributed by atoms with van der Waals surface area (Å²) in [7, 11) is 0.195. The van der Waals surface area contributed by atoms with Crippen LogP contribution in [0.5, 0.6) is 0 Å². The van der Waals surface area contributed by atoms with Crippen LogP contribution >= 0.6 is 11.8 Å². The Hall–Kier alpha value is -0.613. The number of carbonyl (C=O) groups is 2. The highest BCUT2D eigenvalue weighted by atomic mass is 32.2. The number of carbonyl (C=O) groups excluding carboxylic acids is 2. The van der Waals surface area contributed by atoms with Crippen LogP contribution in [0, 0.1) is 5.92 Å². The second kappa shape index (κ2) is 15.1. The summed E-state index contributed by atoms with van der Waals surface area (Å²) in [5.41, 5.74) is 0. The van der Waals surface area contributed by atoms with Crippen LogP contribution < -0.4 is 5.32 Å². The number of urea groups is 1. The average molecular weight is 543 g/mol. The largest absolute Gasteiger partial charge is 0.411 e. The molecule has 1 saturated carbocycles. The quantitative estimate of drug-likeness (QED) is 0.355. The monoisotopic (exact) mass is 542 g/mol. The summed E-state index contributed by atoms with van der Waals surface area (Å²) in [6.45, 7) is 20.0. The molecule has 0 radical (unpaired) electrons. The van der Waals surface area contributed by atoms with Gasteiger partial charge in [-0.3, -0.25) is 9.69 Å². The smallest absolute Gasteiger partial charge is 0.317 e. The molecule has 0 aromatic carbocycles. The number of likely N-dealkylation sites (N-methyl/N-ethyl adjacent to an activating group) is 1. The van der Waals surface area contributed by atoms with Crippen LogP contribution in [0.25, 0.3) is 0 Å². The van der Waals surface area contributed by atoms with Crippen molar-refractivity contribution in [2.75, 3.05) is 65.2 Å². The molecule has 2 rings (SSSR count). The van der Waals surface area contributed by atoms with E-state index in [9.17, 15) is 9.59 Å². The summed E-state index contributed by atoms with van der Waals surface area (Å²) in [6.07, 6.45) is 7.58. The van der Waals surface area contributed by atoms with E-state index < -0.39 is 8.32 Å². The number of rotatable bonds is 12. The van der Waals surface area contributed by atoms with E-state index in [0.717, 1.165) is 51.6 Å². The van der Waals surface area contributed by atoms with Gasteiger partial charge < -0.3 is 19.5 Å². The Morgan fingerprint density at radius 1 is 1.08 bits per heavy atom. The van der Waals surface area contributed by atoms with Crippen molar-refractivity contribution < 1.29 is 14.0 Å². The fraction of sp³-hybridized carbons (Fsp3) is 0.926. The normalized spacial score (nSPS) is 19.8. The Labute approximate surface area is 226 Å². The first-order valence-electron chi connectivity index (χ1n) is 14.1. The number of nitrogens with zero attached hydrogens (tertiary/aromatic N) is 3. The Balaban J connectivity index is 2.00. The first-order chi connectivity index (χ1) is 16.9. The summed E-state index contributed by atoms with van der Waals surface area (Å²) in [6, 6.07) is -0.0165. The molecule has 1 atom stereocenters. The maximum atomic E-state index is 13.3. The highest BCUT2D eigenvalue weighted by Crippen LogP contribution is 2.37. The lowest BCUT2D eigenvalue weighted by molar-refractivity contribution is -0.109. The third-order valence-corrected chi connectivity index (χ3v) is 13.6. The Morgan fingerprint density at radius 2 is 1.72 bits per heavy atom. The van der Waals surface area contributed by atoms with E-state index in [1.807, 2.05) is 4.90 Å². The lowest BCUT2D eigenvalue weighted by Gasteiger charge is -2.41. The molecular weight excluding hydrogens is 488 g/mol. The van der Waals surface area contributed by atoms with Crippen LogP contribution in [0.4, 0.5) is 4.79 Å². The number of nitrogens with one attached hydrogen (secondary N) is 1. The highest BCUT2D eigenvalue weighted by Gasteiger charge is 2.39. The van der Waals surface area contributed by atoms with Gasteiger partial charge in [-0.2, -0.15) is 0 Å². The molecule has 0 aromatic rings. The van der Waals surface area contributed by atoms with Gasteiger partial charge in [-0.05, 0) is 37.5 Å². The van der Waals surface area contributed by atoms with Crippen molar-refractivity contribution in [3.8, 4) is 0 Å². The number of piperazine rings is 1. The predicted octanol–water partition coefficient (Wildman–Crippen LogP) is 4.89. The lowest BCUT2D eigenvalue weighted by Crippen LogP contribution is -2.54. The van der Waals surface area contributed by atoms with Crippen molar-refractivity contribution in [2.24, 2.45) is 5.92 Å². The van der Waals surface area contributed by atoms with E-state index in [2.05, 4.69) is 56.0 Å². The highest BCUT2D eigenvalue weighted by molar-refractivity contribution is 8.13. The van der Waals surface area contributed by atoms with Crippen molar-refractivity contribution in [2.45, 2.75) is 90.5 Å². The zero-order valence-corrected chi connectivity index (χ0v) is 26.1. The minimum absolute atomic E-state index is 0.0165. The molecule has 1 N–H and O–H groups in total. The van der Waals surface area contributed by atoms with Gasteiger partial charge in [0.15, 0.2) is 13.4 Å². The SMILES string of the molecule is CC(=O)SCCN(CCC1CCCCC1)C(=O)NCC(CN1CCN(C)CC1)O[Si](C)(C)C(C)(C)C. The fourth-order valence-electron chi connectivity index (χ4n) is 4.80. The summed E-state index contributed by atoms with van der Waals surface area (Å²) in [5.74, 6) is 1.37. The minimum atomic E-state index is -1.98. The number of thioether (sulfide) groups is 1. The van der Waals surface area contributed by atoms with E-state index in [-0.39, 0.29) is 22.3 Å². The van der Waals surface area contributed by atoms with Gasteiger partial charge >= 0.3 is 6.03 Å². The molecule has 2 fully saturated rings. The maximum Gasteiger partial charge on any atom is 0.317 e. The van der Waals surface area contributed by atoms with E-state index in [0.29, 0.717) is 18.8 Å². The topological polar surface area (TPSA) is 65.1 Å². The predicted molar refractivity (Wildman–Crippen MR) is 155 cm³/mol. The molecule has 36 heavy (non-hydrogen) atoms. The maximum absolute atomic E-state index is 13.3. The summed E-state index contributed by atoms with van der Waals surface area (Å²) < 4.78 is 6.83. The van der Waals surface area contributed by atoms with Gasteiger partial charge in [-0.25, -0.2) is 4.79 Å². The van der Waals surface area contributed by atoms with Crippen LogP contribution in [0.2, 0.25) is 18.1 Å². The molecule has 210 valence electrons. The number of hydrogen-bond donors (Lipinski definition) is 1. The Bertz CT molecular complexity index is 674. The second-order valence-corrected chi connectivity index (χ2v) is 18.4. The summed E-state index contributed by atoms with van der Waals surface area (Å²) >= 11 is 1.31. The van der Waals surface area contributed by atoms with Crippen molar-refractivity contribution in [3.63, 3.8) is 0 Å². The molecule has 2 aliphatic rings. The number of hydrogen-bond acceptors (Lipinski definition) is 6. The first-order valence-corrected chi connectivity index (χ1v) is 18.0. The molecule has 1 unspecified atom stereocenters. The molecule has 9 heteroatoms. The Morgan fingerprint density at radius 3 is 2.31 bits per heavy atom. The van der Waals surface area contributed by atoms with E-state index >= 15 is 0 Å². The van der Waals surface area contributed by atoms with Crippen LogP contribution in [-0.4, -0.2) is 105 Å². The first kappa shape index (κ1) is 31.6. The Kier molecular flexibility index (Phi) is 13.3. The van der Waals surface area contributed by atoms with Gasteiger partial charge in [-0.1, -0.05) is 64.6 Å². The van der Waals surface area contributed by atoms with Crippen LogP contribution in [0.1, 0.15) is 66.2 Å². The lowest BCUT2D eigenvalue weighted by atomic mass is 9.87. The van der Waals surface area contributed by atoms with Crippen molar-refractivity contribution in [1.29, 1.82) is 0 Å². The molecular formula is C27H54N4O3SSi. The third-order valence-electron chi connectivity index (χ3n) is 8.29. The van der Waals surface area contributed by atoms with Crippen molar-refractivity contribution in [1.82, 2.24) is 20.0 Å². The van der Waals surface area contributed by atoms with Crippen LogP contribution in [0.15, 0.2) is 0 Å². The fourth-order valence-corrected chi connectivity index (χ4v) is 6.74. The van der Waals surface area contributed by atoms with E-state index in [1.54, 1.807) is 6.92 Å². The second-order valence-electron chi connectivity index (χ2n) is 12.4. The zero-order valence-electron chi connectivity index (χ0n) is 24.2. The third kappa shape index (κ3) is 11.4. The van der Waals surface area contributed by atoms with Gasteiger partial charge in [0.1, 0.15) is 0 Å². The zero-order chi connectivity index (χ0) is 26.8. The molecule has 1 aliphatic carbocycles. The minimum Gasteiger partial charge on any atom is -0.411 e.